The maximum atomic E-state index is 13.3. The normalized spacial score (nSPS) is 11.5. The van der Waals surface area contributed by atoms with Crippen LogP contribution in [-0.2, 0) is 6.18 Å². The Bertz CT molecular complexity index is 975. The second-order valence-corrected chi connectivity index (χ2v) is 6.21. The van der Waals surface area contributed by atoms with Crippen molar-refractivity contribution in [2.24, 2.45) is 0 Å². The van der Waals surface area contributed by atoms with Crippen molar-refractivity contribution in [1.29, 1.82) is 0 Å². The molecule has 0 unspecified atom stereocenters. The van der Waals surface area contributed by atoms with Crippen molar-refractivity contribution in [2.45, 2.75) is 26.4 Å². The van der Waals surface area contributed by atoms with E-state index in [1.807, 2.05) is 25.1 Å². The lowest BCUT2D eigenvalue weighted by atomic mass is 9.99. The SMILES string of the molecule is CCCOc1nc(N)nc(-c2ccccc2)c1-c1cc(C)nc(C(F)(F)F)c1. The highest BCUT2D eigenvalue weighted by atomic mass is 19.4. The molecule has 0 fully saturated rings. The van der Waals surface area contributed by atoms with Crippen molar-refractivity contribution in [1.82, 2.24) is 15.0 Å². The second kappa shape index (κ2) is 7.84. The summed E-state index contributed by atoms with van der Waals surface area (Å²) in [6, 6.07) is 11.6. The van der Waals surface area contributed by atoms with Gasteiger partial charge in [-0.15, -0.1) is 0 Å². The zero-order chi connectivity index (χ0) is 20.3. The lowest BCUT2D eigenvalue weighted by Crippen LogP contribution is -2.10. The van der Waals surface area contributed by atoms with Crippen molar-refractivity contribution in [2.75, 3.05) is 12.3 Å². The summed E-state index contributed by atoms with van der Waals surface area (Å²) in [6.07, 6.45) is -3.88. The van der Waals surface area contributed by atoms with Crippen LogP contribution in [0, 0.1) is 6.92 Å². The van der Waals surface area contributed by atoms with Crippen LogP contribution in [0.3, 0.4) is 0 Å². The molecule has 0 atom stereocenters. The average molecular weight is 388 g/mol. The van der Waals surface area contributed by atoms with Gasteiger partial charge in [0.15, 0.2) is 0 Å². The number of halogens is 3. The fourth-order valence-electron chi connectivity index (χ4n) is 2.78. The van der Waals surface area contributed by atoms with Gasteiger partial charge in [-0.3, -0.25) is 0 Å². The number of benzene rings is 1. The highest BCUT2D eigenvalue weighted by molar-refractivity contribution is 5.85. The number of nitrogens with zero attached hydrogens (tertiary/aromatic N) is 3. The zero-order valence-electron chi connectivity index (χ0n) is 15.4. The molecule has 0 saturated carbocycles. The Kier molecular flexibility index (Phi) is 5.48. The van der Waals surface area contributed by atoms with Crippen LogP contribution in [0.2, 0.25) is 0 Å². The van der Waals surface area contributed by atoms with Gasteiger partial charge in [-0.25, -0.2) is 9.97 Å². The lowest BCUT2D eigenvalue weighted by Gasteiger charge is -2.17. The molecule has 146 valence electrons. The molecule has 0 radical (unpaired) electrons. The van der Waals surface area contributed by atoms with Crippen LogP contribution in [0.15, 0.2) is 42.5 Å². The molecule has 0 spiro atoms. The first kappa shape index (κ1) is 19.6. The third kappa shape index (κ3) is 4.21. The Morgan fingerprint density at radius 3 is 2.36 bits per heavy atom. The van der Waals surface area contributed by atoms with Gasteiger partial charge in [-0.1, -0.05) is 37.3 Å². The number of hydrogen-bond donors (Lipinski definition) is 1. The molecule has 8 heteroatoms. The molecule has 0 aliphatic carbocycles. The number of alkyl halides is 3. The van der Waals surface area contributed by atoms with Crippen LogP contribution in [0.4, 0.5) is 19.1 Å². The molecule has 2 aromatic heterocycles. The van der Waals surface area contributed by atoms with Gasteiger partial charge in [0.25, 0.3) is 0 Å². The lowest BCUT2D eigenvalue weighted by molar-refractivity contribution is -0.141. The fraction of sp³-hybridized carbons (Fsp3) is 0.250. The van der Waals surface area contributed by atoms with Gasteiger partial charge in [-0.2, -0.15) is 18.2 Å². The first-order valence-corrected chi connectivity index (χ1v) is 8.71. The molecule has 2 N–H and O–H groups in total. The number of nitrogens with two attached hydrogens (primary N) is 1. The van der Waals surface area contributed by atoms with Crippen molar-refractivity contribution in [3.05, 3.63) is 53.9 Å². The number of hydrogen-bond acceptors (Lipinski definition) is 5. The minimum atomic E-state index is -4.58. The summed E-state index contributed by atoms with van der Waals surface area (Å²) >= 11 is 0. The number of anilines is 1. The first-order valence-electron chi connectivity index (χ1n) is 8.71. The topological polar surface area (TPSA) is 73.9 Å². The molecular formula is C20H19F3N4O. The third-order valence-corrected chi connectivity index (χ3v) is 3.92. The summed E-state index contributed by atoms with van der Waals surface area (Å²) in [4.78, 5) is 12.0. The monoisotopic (exact) mass is 388 g/mol. The van der Waals surface area contributed by atoms with Crippen LogP contribution >= 0.6 is 0 Å². The van der Waals surface area contributed by atoms with Gasteiger partial charge in [0.2, 0.25) is 11.8 Å². The summed E-state index contributed by atoms with van der Waals surface area (Å²) < 4.78 is 45.6. The molecule has 3 rings (SSSR count). The van der Waals surface area contributed by atoms with Gasteiger partial charge in [-0.05, 0) is 31.0 Å². The van der Waals surface area contributed by atoms with E-state index in [1.165, 1.54) is 6.92 Å². The maximum absolute atomic E-state index is 13.3. The van der Waals surface area contributed by atoms with Gasteiger partial charge in [0, 0.05) is 11.3 Å². The van der Waals surface area contributed by atoms with Crippen LogP contribution in [0.25, 0.3) is 22.4 Å². The second-order valence-electron chi connectivity index (χ2n) is 6.21. The number of aryl methyl sites for hydroxylation is 1. The Morgan fingerprint density at radius 1 is 1.00 bits per heavy atom. The summed E-state index contributed by atoms with van der Waals surface area (Å²) in [5, 5.41) is 0. The molecule has 3 aromatic rings. The summed E-state index contributed by atoms with van der Waals surface area (Å²) in [6.45, 7) is 3.76. The molecule has 0 aliphatic heterocycles. The standard InChI is InChI=1S/C20H19F3N4O/c1-3-9-28-18-16(14-10-12(2)25-15(11-14)20(21,22)23)17(26-19(24)27-18)13-7-5-4-6-8-13/h4-8,10-11H,3,9H2,1-2H3,(H2,24,26,27). The summed E-state index contributed by atoms with van der Waals surface area (Å²) in [5.74, 6) is 0.127. The number of rotatable bonds is 5. The van der Waals surface area contributed by atoms with Gasteiger partial charge < -0.3 is 10.5 Å². The van der Waals surface area contributed by atoms with E-state index >= 15 is 0 Å². The minimum Gasteiger partial charge on any atom is -0.477 e. The molecule has 2 heterocycles. The van der Waals surface area contributed by atoms with E-state index in [4.69, 9.17) is 10.5 Å². The number of aromatic nitrogens is 3. The van der Waals surface area contributed by atoms with Crippen molar-refractivity contribution >= 4 is 5.95 Å². The van der Waals surface area contributed by atoms with Gasteiger partial charge in [0.1, 0.15) is 5.69 Å². The quantitative estimate of drug-likeness (QED) is 0.673. The van der Waals surface area contributed by atoms with Gasteiger partial charge in [0.05, 0.1) is 17.9 Å². The number of pyridine rings is 1. The van der Waals surface area contributed by atoms with E-state index in [0.717, 1.165) is 6.07 Å². The molecule has 0 amide bonds. The predicted molar refractivity (Wildman–Crippen MR) is 101 cm³/mol. The van der Waals surface area contributed by atoms with Crippen molar-refractivity contribution < 1.29 is 17.9 Å². The maximum Gasteiger partial charge on any atom is 0.433 e. The summed E-state index contributed by atoms with van der Waals surface area (Å²) in [7, 11) is 0. The Morgan fingerprint density at radius 2 is 1.71 bits per heavy atom. The largest absolute Gasteiger partial charge is 0.477 e. The van der Waals surface area contributed by atoms with Crippen molar-refractivity contribution in [3.8, 4) is 28.3 Å². The number of ether oxygens (including phenoxy) is 1. The molecule has 0 aliphatic rings. The number of nitrogen functional groups attached to an aromatic ring is 1. The Balaban J connectivity index is 2.30. The molecule has 5 nitrogen and oxygen atoms in total. The van der Waals surface area contributed by atoms with Gasteiger partial charge >= 0.3 is 6.18 Å². The van der Waals surface area contributed by atoms with E-state index in [9.17, 15) is 13.2 Å². The van der Waals surface area contributed by atoms with Crippen LogP contribution in [0.5, 0.6) is 5.88 Å². The van der Waals surface area contributed by atoms with Crippen LogP contribution in [-0.4, -0.2) is 21.6 Å². The highest BCUT2D eigenvalue weighted by Crippen LogP contribution is 2.40. The van der Waals surface area contributed by atoms with E-state index in [-0.39, 0.29) is 23.1 Å². The first-order chi connectivity index (χ1) is 13.3. The zero-order valence-corrected chi connectivity index (χ0v) is 15.4. The third-order valence-electron chi connectivity index (χ3n) is 3.92. The van der Waals surface area contributed by atoms with Crippen molar-refractivity contribution in [3.63, 3.8) is 0 Å². The fourth-order valence-corrected chi connectivity index (χ4v) is 2.78. The van der Waals surface area contributed by atoms with E-state index in [1.54, 1.807) is 18.2 Å². The minimum absolute atomic E-state index is 0.0180. The molecule has 28 heavy (non-hydrogen) atoms. The Labute approximate surface area is 160 Å². The smallest absolute Gasteiger partial charge is 0.433 e. The summed E-state index contributed by atoms with van der Waals surface area (Å²) in [5.41, 5.74) is 6.80. The van der Waals surface area contributed by atoms with E-state index in [2.05, 4.69) is 15.0 Å². The Hall–Kier alpha value is -3.16. The molecule has 0 bridgehead atoms. The van der Waals surface area contributed by atoms with Crippen LogP contribution < -0.4 is 10.5 Å². The molecule has 1 aromatic carbocycles. The predicted octanol–water partition coefficient (Wildman–Crippen LogP) is 4.90. The molecule has 0 saturated heterocycles. The highest BCUT2D eigenvalue weighted by Gasteiger charge is 2.33. The average Bonchev–Trinajstić information content (AvgIpc) is 2.65. The van der Waals surface area contributed by atoms with E-state index < -0.39 is 11.9 Å². The molecular weight excluding hydrogens is 369 g/mol. The van der Waals surface area contributed by atoms with E-state index in [0.29, 0.717) is 29.8 Å². The van der Waals surface area contributed by atoms with Crippen LogP contribution in [0.1, 0.15) is 24.7 Å².